The lowest BCUT2D eigenvalue weighted by Crippen LogP contribution is -2.35. The summed E-state index contributed by atoms with van der Waals surface area (Å²) in [5, 5.41) is 6.32. The van der Waals surface area contributed by atoms with Gasteiger partial charge in [-0.05, 0) is 29.8 Å². The summed E-state index contributed by atoms with van der Waals surface area (Å²) in [6.07, 6.45) is 0. The van der Waals surface area contributed by atoms with Crippen LogP contribution in [-0.4, -0.2) is 11.7 Å². The number of rotatable bonds is 2. The molecule has 16 heavy (non-hydrogen) atoms. The van der Waals surface area contributed by atoms with E-state index in [1.807, 2.05) is 0 Å². The first-order valence-corrected chi connectivity index (χ1v) is 5.59. The number of halogens is 1. The summed E-state index contributed by atoms with van der Waals surface area (Å²) >= 11 is 5.07. The predicted molar refractivity (Wildman–Crippen MR) is 70.1 cm³/mol. The SMILES string of the molecule is CC(C)(C)CNC(=S)Nc1ccccc1F. The van der Waals surface area contributed by atoms with E-state index >= 15 is 0 Å². The smallest absolute Gasteiger partial charge is 0.170 e. The molecule has 0 radical (unpaired) electrons. The van der Waals surface area contributed by atoms with Crippen molar-refractivity contribution in [2.45, 2.75) is 20.8 Å². The van der Waals surface area contributed by atoms with E-state index in [9.17, 15) is 4.39 Å². The van der Waals surface area contributed by atoms with Crippen molar-refractivity contribution in [1.29, 1.82) is 0 Å². The molecule has 0 aliphatic rings. The van der Waals surface area contributed by atoms with Gasteiger partial charge in [0.1, 0.15) is 5.82 Å². The van der Waals surface area contributed by atoms with E-state index in [-0.39, 0.29) is 11.2 Å². The number of benzene rings is 1. The standard InChI is InChI=1S/C12H17FN2S/c1-12(2,3)8-14-11(16)15-10-7-5-4-6-9(10)13/h4-7H,8H2,1-3H3,(H2,14,15,16). The van der Waals surface area contributed by atoms with Crippen LogP contribution in [0.3, 0.4) is 0 Å². The second-order valence-corrected chi connectivity index (χ2v) is 5.26. The minimum atomic E-state index is -0.303. The Kier molecular flexibility index (Phi) is 4.24. The molecule has 1 rings (SSSR count). The fourth-order valence-electron chi connectivity index (χ4n) is 1.07. The second-order valence-electron chi connectivity index (χ2n) is 4.85. The van der Waals surface area contributed by atoms with Crippen LogP contribution in [0.2, 0.25) is 0 Å². The summed E-state index contributed by atoms with van der Waals surface area (Å²) in [6.45, 7) is 7.05. The van der Waals surface area contributed by atoms with E-state index in [0.29, 0.717) is 10.8 Å². The fraction of sp³-hybridized carbons (Fsp3) is 0.417. The van der Waals surface area contributed by atoms with Crippen molar-refractivity contribution in [1.82, 2.24) is 5.32 Å². The molecule has 88 valence electrons. The molecule has 2 nitrogen and oxygen atoms in total. The molecule has 0 aliphatic carbocycles. The maximum Gasteiger partial charge on any atom is 0.170 e. The molecule has 0 unspecified atom stereocenters. The average molecular weight is 240 g/mol. The van der Waals surface area contributed by atoms with Crippen molar-refractivity contribution in [2.24, 2.45) is 5.41 Å². The van der Waals surface area contributed by atoms with Crippen LogP contribution in [0.15, 0.2) is 24.3 Å². The Labute approximate surface area is 101 Å². The molecule has 2 N–H and O–H groups in total. The van der Waals surface area contributed by atoms with Gasteiger partial charge < -0.3 is 10.6 Å². The summed E-state index contributed by atoms with van der Waals surface area (Å²) in [5.74, 6) is -0.303. The lowest BCUT2D eigenvalue weighted by Gasteiger charge is -2.20. The quantitative estimate of drug-likeness (QED) is 0.776. The van der Waals surface area contributed by atoms with Gasteiger partial charge >= 0.3 is 0 Å². The number of anilines is 1. The van der Waals surface area contributed by atoms with E-state index < -0.39 is 0 Å². The van der Waals surface area contributed by atoms with E-state index in [1.165, 1.54) is 6.07 Å². The molecule has 0 fully saturated rings. The zero-order valence-corrected chi connectivity index (χ0v) is 10.6. The Balaban J connectivity index is 2.50. The third-order valence-electron chi connectivity index (χ3n) is 1.90. The summed E-state index contributed by atoms with van der Waals surface area (Å²) in [7, 11) is 0. The van der Waals surface area contributed by atoms with Crippen LogP contribution in [0, 0.1) is 11.2 Å². The lowest BCUT2D eigenvalue weighted by atomic mass is 9.97. The van der Waals surface area contributed by atoms with Gasteiger partial charge in [-0.2, -0.15) is 0 Å². The molecule has 0 amide bonds. The highest BCUT2D eigenvalue weighted by Gasteiger charge is 2.10. The summed E-state index contributed by atoms with van der Waals surface area (Å²) in [4.78, 5) is 0. The van der Waals surface area contributed by atoms with E-state index in [1.54, 1.807) is 18.2 Å². The molecular formula is C12H17FN2S. The van der Waals surface area contributed by atoms with Crippen LogP contribution in [0.1, 0.15) is 20.8 Å². The first-order chi connectivity index (χ1) is 7.38. The summed E-state index contributed by atoms with van der Waals surface area (Å²) in [5.41, 5.74) is 0.537. The van der Waals surface area contributed by atoms with Crippen LogP contribution in [-0.2, 0) is 0 Å². The Hall–Kier alpha value is -1.16. The summed E-state index contributed by atoms with van der Waals surface area (Å²) < 4.78 is 13.3. The molecule has 0 saturated heterocycles. The molecule has 0 spiro atoms. The van der Waals surface area contributed by atoms with Gasteiger partial charge in [0, 0.05) is 6.54 Å². The summed E-state index contributed by atoms with van der Waals surface area (Å²) in [6, 6.07) is 6.46. The highest BCUT2D eigenvalue weighted by atomic mass is 32.1. The van der Waals surface area contributed by atoms with Crippen LogP contribution < -0.4 is 10.6 Å². The monoisotopic (exact) mass is 240 g/mol. The Morgan fingerprint density at radius 3 is 2.50 bits per heavy atom. The highest BCUT2D eigenvalue weighted by Crippen LogP contribution is 2.13. The third-order valence-corrected chi connectivity index (χ3v) is 2.15. The van der Waals surface area contributed by atoms with Crippen molar-refractivity contribution in [3.8, 4) is 0 Å². The normalized spacial score (nSPS) is 11.0. The van der Waals surface area contributed by atoms with Crippen molar-refractivity contribution in [2.75, 3.05) is 11.9 Å². The van der Waals surface area contributed by atoms with Crippen molar-refractivity contribution >= 4 is 23.0 Å². The van der Waals surface area contributed by atoms with Crippen LogP contribution in [0.5, 0.6) is 0 Å². The Bertz CT molecular complexity index is 372. The topological polar surface area (TPSA) is 24.1 Å². The highest BCUT2D eigenvalue weighted by molar-refractivity contribution is 7.80. The first-order valence-electron chi connectivity index (χ1n) is 5.18. The van der Waals surface area contributed by atoms with Gasteiger partial charge in [-0.1, -0.05) is 32.9 Å². The van der Waals surface area contributed by atoms with Crippen molar-refractivity contribution in [3.63, 3.8) is 0 Å². The van der Waals surface area contributed by atoms with Gasteiger partial charge in [0.2, 0.25) is 0 Å². The molecule has 0 bridgehead atoms. The zero-order valence-electron chi connectivity index (χ0n) is 9.80. The third kappa shape index (κ3) is 4.57. The molecule has 0 saturated carbocycles. The number of hydrogen-bond donors (Lipinski definition) is 2. The molecule has 1 aromatic carbocycles. The van der Waals surface area contributed by atoms with E-state index in [4.69, 9.17) is 12.2 Å². The zero-order chi connectivity index (χ0) is 12.2. The first kappa shape index (κ1) is 12.9. The Morgan fingerprint density at radius 2 is 1.94 bits per heavy atom. The fourth-order valence-corrected chi connectivity index (χ4v) is 1.26. The minimum absolute atomic E-state index is 0.140. The maximum absolute atomic E-state index is 13.3. The van der Waals surface area contributed by atoms with Gasteiger partial charge in [0.05, 0.1) is 5.69 Å². The molecule has 4 heteroatoms. The lowest BCUT2D eigenvalue weighted by molar-refractivity contribution is 0.409. The van der Waals surface area contributed by atoms with Crippen LogP contribution in [0.25, 0.3) is 0 Å². The number of nitrogens with one attached hydrogen (secondary N) is 2. The molecule has 0 heterocycles. The minimum Gasteiger partial charge on any atom is -0.362 e. The largest absolute Gasteiger partial charge is 0.362 e. The molecular weight excluding hydrogens is 223 g/mol. The van der Waals surface area contributed by atoms with Gasteiger partial charge in [-0.3, -0.25) is 0 Å². The number of hydrogen-bond acceptors (Lipinski definition) is 1. The molecule has 0 aromatic heterocycles. The van der Waals surface area contributed by atoms with Gasteiger partial charge in [-0.25, -0.2) is 4.39 Å². The van der Waals surface area contributed by atoms with Gasteiger partial charge in [-0.15, -0.1) is 0 Å². The number of para-hydroxylation sites is 1. The van der Waals surface area contributed by atoms with Crippen LogP contribution in [0.4, 0.5) is 10.1 Å². The average Bonchev–Trinajstić information content (AvgIpc) is 2.18. The number of thiocarbonyl (C=S) groups is 1. The van der Waals surface area contributed by atoms with Crippen molar-refractivity contribution in [3.05, 3.63) is 30.1 Å². The van der Waals surface area contributed by atoms with Gasteiger partial charge in [0.15, 0.2) is 5.11 Å². The van der Waals surface area contributed by atoms with E-state index in [0.717, 1.165) is 6.54 Å². The maximum atomic E-state index is 13.3. The molecule has 0 aliphatic heterocycles. The van der Waals surface area contributed by atoms with Gasteiger partial charge in [0.25, 0.3) is 0 Å². The predicted octanol–water partition coefficient (Wildman–Crippen LogP) is 3.16. The molecule has 1 aromatic rings. The van der Waals surface area contributed by atoms with Crippen molar-refractivity contribution < 1.29 is 4.39 Å². The molecule has 0 atom stereocenters. The van der Waals surface area contributed by atoms with Crippen LogP contribution >= 0.6 is 12.2 Å². The van der Waals surface area contributed by atoms with E-state index in [2.05, 4.69) is 31.4 Å². The second kappa shape index (κ2) is 5.25. The Morgan fingerprint density at radius 1 is 1.31 bits per heavy atom.